The molecule has 2 unspecified atom stereocenters. The van der Waals surface area contributed by atoms with E-state index in [1.807, 2.05) is 29.3 Å². The van der Waals surface area contributed by atoms with Crippen LogP contribution in [0.2, 0.25) is 0 Å². The van der Waals surface area contributed by atoms with Gasteiger partial charge < -0.3 is 0 Å². The molecular weight excluding hydrogens is 391 g/mol. The first-order valence-corrected chi connectivity index (χ1v) is 11.3. The first kappa shape index (κ1) is 19.4. The normalized spacial score (nSPS) is 21.8. The molecule has 0 N–H and O–H groups in total. The van der Waals surface area contributed by atoms with Gasteiger partial charge in [-0.2, -0.15) is 5.10 Å². The van der Waals surface area contributed by atoms with E-state index in [4.69, 9.17) is 5.10 Å². The number of hydrogen-bond donors (Lipinski definition) is 0. The quantitative estimate of drug-likeness (QED) is 0.755. The highest BCUT2D eigenvalue weighted by atomic mass is 32.2. The molecule has 29 heavy (non-hydrogen) atoms. The minimum Gasteiger partial charge on any atom is -0.283 e. The third kappa shape index (κ3) is 4.27. The van der Waals surface area contributed by atoms with Gasteiger partial charge in [0.05, 0.1) is 34.9 Å². The van der Waals surface area contributed by atoms with Crippen LogP contribution >= 0.6 is 0 Å². The third-order valence-corrected chi connectivity index (χ3v) is 6.50. The van der Waals surface area contributed by atoms with Gasteiger partial charge in [-0.25, -0.2) is 12.8 Å². The van der Waals surface area contributed by atoms with Crippen LogP contribution in [0.25, 0.3) is 0 Å². The molecule has 2 aliphatic rings. The lowest BCUT2D eigenvalue weighted by Crippen LogP contribution is -2.23. The summed E-state index contributed by atoms with van der Waals surface area (Å²) >= 11 is 0. The summed E-state index contributed by atoms with van der Waals surface area (Å²) in [5.74, 6) is -0.276. The van der Waals surface area contributed by atoms with Crippen molar-refractivity contribution in [1.82, 2.24) is 9.99 Å². The van der Waals surface area contributed by atoms with E-state index < -0.39 is 15.1 Å². The average molecular weight is 412 g/mol. The molecule has 0 fully saturated rings. The highest BCUT2D eigenvalue weighted by molar-refractivity contribution is 7.92. The Kier molecular flexibility index (Phi) is 5.27. The summed E-state index contributed by atoms with van der Waals surface area (Å²) in [6, 6.07) is 12.2. The molecule has 2 atom stereocenters. The third-order valence-electron chi connectivity index (χ3n) is 5.08. The Morgan fingerprint density at radius 2 is 1.97 bits per heavy atom. The molecule has 0 aliphatic carbocycles. The Hall–Kier alpha value is -2.87. The fourth-order valence-electron chi connectivity index (χ4n) is 3.47. The van der Waals surface area contributed by atoms with Crippen LogP contribution in [0.4, 0.5) is 4.39 Å². The van der Waals surface area contributed by atoms with Gasteiger partial charge in [0, 0.05) is 30.7 Å². The molecule has 150 valence electrons. The first-order valence-electron chi connectivity index (χ1n) is 9.34. The predicted octanol–water partition coefficient (Wildman–Crippen LogP) is 3.30. The Morgan fingerprint density at radius 1 is 1.17 bits per heavy atom. The maximum absolute atomic E-state index is 14.2. The second-order valence-electron chi connectivity index (χ2n) is 7.18. The number of allylic oxidation sites excluding steroid dienone is 2. The Bertz CT molecular complexity index is 1100. The van der Waals surface area contributed by atoms with Crippen LogP contribution in [-0.4, -0.2) is 41.8 Å². The fourth-order valence-corrected chi connectivity index (χ4v) is 4.20. The Balaban J connectivity index is 1.61. The molecule has 2 aliphatic heterocycles. The molecule has 2 aromatic rings. The minimum absolute atomic E-state index is 0.144. The topological polar surface area (TPSA) is 75.0 Å². The smallest absolute Gasteiger partial charge is 0.155 e. The van der Waals surface area contributed by atoms with E-state index >= 15 is 0 Å². The van der Waals surface area contributed by atoms with Crippen LogP contribution in [0.3, 0.4) is 0 Å². The van der Waals surface area contributed by atoms with E-state index in [1.54, 1.807) is 24.4 Å². The van der Waals surface area contributed by atoms with E-state index in [0.717, 1.165) is 11.4 Å². The van der Waals surface area contributed by atoms with Gasteiger partial charge in [-0.15, -0.1) is 0 Å². The highest BCUT2D eigenvalue weighted by Gasteiger charge is 2.32. The molecule has 4 rings (SSSR count). The number of hydrogen-bond acceptors (Lipinski definition) is 6. The van der Waals surface area contributed by atoms with Gasteiger partial charge in [0.25, 0.3) is 0 Å². The molecule has 1 aromatic heterocycles. The van der Waals surface area contributed by atoms with Crippen molar-refractivity contribution < 1.29 is 12.8 Å². The summed E-state index contributed by atoms with van der Waals surface area (Å²) in [4.78, 5) is 8.80. The summed E-state index contributed by atoms with van der Waals surface area (Å²) in [6.45, 7) is 0.306. The number of halogens is 1. The van der Waals surface area contributed by atoms with Gasteiger partial charge in [0.1, 0.15) is 5.82 Å². The zero-order chi connectivity index (χ0) is 20.4. The van der Waals surface area contributed by atoms with Crippen molar-refractivity contribution in [3.63, 3.8) is 0 Å². The second kappa shape index (κ2) is 7.87. The molecule has 0 radical (unpaired) electrons. The lowest BCUT2D eigenvalue weighted by atomic mass is 10.0. The Labute approximate surface area is 169 Å². The van der Waals surface area contributed by atoms with Crippen molar-refractivity contribution in [3.8, 4) is 0 Å². The van der Waals surface area contributed by atoms with E-state index in [0.29, 0.717) is 30.6 Å². The van der Waals surface area contributed by atoms with Gasteiger partial charge >= 0.3 is 0 Å². The van der Waals surface area contributed by atoms with Crippen molar-refractivity contribution >= 4 is 21.8 Å². The maximum Gasteiger partial charge on any atom is 0.155 e. The van der Waals surface area contributed by atoms with Gasteiger partial charge in [0.2, 0.25) is 0 Å². The molecule has 0 bridgehead atoms. The van der Waals surface area contributed by atoms with Gasteiger partial charge in [-0.1, -0.05) is 30.3 Å². The van der Waals surface area contributed by atoms with E-state index in [9.17, 15) is 12.8 Å². The molecule has 0 spiro atoms. The predicted molar refractivity (Wildman–Crippen MR) is 111 cm³/mol. The lowest BCUT2D eigenvalue weighted by molar-refractivity contribution is 0.217. The summed E-state index contributed by atoms with van der Waals surface area (Å²) in [6.07, 6.45) is 7.16. The van der Waals surface area contributed by atoms with Gasteiger partial charge in [0.15, 0.2) is 9.84 Å². The van der Waals surface area contributed by atoms with Crippen LogP contribution in [-0.2, 0) is 16.4 Å². The molecule has 0 saturated heterocycles. The zero-order valence-corrected chi connectivity index (χ0v) is 16.8. The number of hydrazone groups is 1. The summed E-state index contributed by atoms with van der Waals surface area (Å²) in [7, 11) is -3.18. The SMILES string of the molecule is CS(=O)(=O)C1C=NC(C2=NN(Cc3ccccc3F)C(c3ccccn3)C2)=CC1. The number of rotatable bonds is 5. The summed E-state index contributed by atoms with van der Waals surface area (Å²) in [5.41, 5.74) is 2.82. The number of aliphatic imine (C=N–C) groups is 1. The number of benzene rings is 1. The van der Waals surface area contributed by atoms with Crippen LogP contribution in [0.15, 0.2) is 70.5 Å². The lowest BCUT2D eigenvalue weighted by Gasteiger charge is -2.23. The van der Waals surface area contributed by atoms with Crippen molar-refractivity contribution in [2.75, 3.05) is 6.26 Å². The molecule has 3 heterocycles. The van der Waals surface area contributed by atoms with Crippen molar-refractivity contribution in [1.29, 1.82) is 0 Å². The standard InChI is InChI=1S/C21H21FN4O2S/c1-29(27,28)16-9-10-18(24-13-16)20-12-21(19-8-4-5-11-23-19)26(25-20)14-15-6-2-3-7-17(15)22/h2-8,10-11,13,16,21H,9,12,14H2,1H3. The van der Waals surface area contributed by atoms with Crippen LogP contribution < -0.4 is 0 Å². The van der Waals surface area contributed by atoms with Crippen LogP contribution in [0.1, 0.15) is 30.1 Å². The van der Waals surface area contributed by atoms with Gasteiger partial charge in [-0.3, -0.25) is 15.0 Å². The molecule has 1 aromatic carbocycles. The maximum atomic E-state index is 14.2. The summed E-state index contributed by atoms with van der Waals surface area (Å²) < 4.78 is 37.7. The largest absolute Gasteiger partial charge is 0.283 e. The highest BCUT2D eigenvalue weighted by Crippen LogP contribution is 2.34. The van der Waals surface area contributed by atoms with Crippen LogP contribution in [0, 0.1) is 5.82 Å². The number of pyridine rings is 1. The summed E-state index contributed by atoms with van der Waals surface area (Å²) in [5, 5.41) is 5.93. The van der Waals surface area contributed by atoms with Crippen molar-refractivity contribution in [2.24, 2.45) is 10.1 Å². The number of aromatic nitrogens is 1. The van der Waals surface area contributed by atoms with E-state index in [-0.39, 0.29) is 11.9 Å². The molecule has 8 heteroatoms. The van der Waals surface area contributed by atoms with Crippen molar-refractivity contribution in [2.45, 2.75) is 30.7 Å². The van der Waals surface area contributed by atoms with Gasteiger partial charge in [-0.05, 0) is 24.6 Å². The minimum atomic E-state index is -3.18. The fraction of sp³-hybridized carbons (Fsp3) is 0.286. The molecule has 0 saturated carbocycles. The average Bonchev–Trinajstić information content (AvgIpc) is 3.14. The van der Waals surface area contributed by atoms with E-state index in [1.165, 1.54) is 18.5 Å². The second-order valence-corrected chi connectivity index (χ2v) is 9.45. The number of sulfone groups is 1. The van der Waals surface area contributed by atoms with Crippen molar-refractivity contribution in [3.05, 3.63) is 77.5 Å². The molecule has 6 nitrogen and oxygen atoms in total. The molecular formula is C21H21FN4O2S. The zero-order valence-electron chi connectivity index (χ0n) is 15.9. The van der Waals surface area contributed by atoms with Crippen LogP contribution in [0.5, 0.6) is 0 Å². The Morgan fingerprint density at radius 3 is 2.62 bits per heavy atom. The monoisotopic (exact) mass is 412 g/mol. The molecule has 0 amide bonds. The first-order chi connectivity index (χ1) is 13.9. The van der Waals surface area contributed by atoms with E-state index in [2.05, 4.69) is 9.98 Å². The number of nitrogens with zero attached hydrogens (tertiary/aromatic N) is 4.